The third kappa shape index (κ3) is 4.25. The van der Waals surface area contributed by atoms with Gasteiger partial charge in [0.15, 0.2) is 0 Å². The molecular weight excluding hydrogens is 359 g/mol. The number of hydrogen-bond donors (Lipinski definition) is 3. The average molecular weight is 373 g/mol. The van der Waals surface area contributed by atoms with E-state index in [1.807, 2.05) is 30.3 Å². The largest absolute Gasteiger partial charge is 0.480 e. The van der Waals surface area contributed by atoms with E-state index in [4.69, 9.17) is 16.7 Å². The Bertz CT molecular complexity index is 917. The first kappa shape index (κ1) is 17.6. The van der Waals surface area contributed by atoms with Crippen LogP contribution in [0.2, 0.25) is 5.02 Å². The zero-order valence-corrected chi connectivity index (χ0v) is 14.2. The molecule has 0 amide bonds. The molecule has 8 heteroatoms. The number of para-hydroxylation sites is 1. The van der Waals surface area contributed by atoms with Crippen molar-refractivity contribution in [1.82, 2.24) is 9.97 Å². The molecule has 0 bridgehead atoms. The van der Waals surface area contributed by atoms with Crippen molar-refractivity contribution in [3.63, 3.8) is 0 Å². The molecule has 2 aromatic carbocycles. The van der Waals surface area contributed by atoms with E-state index in [0.29, 0.717) is 5.69 Å². The van der Waals surface area contributed by atoms with Gasteiger partial charge in [0.2, 0.25) is 5.95 Å². The quantitative estimate of drug-likeness (QED) is 0.601. The monoisotopic (exact) mass is 372 g/mol. The molecule has 3 N–H and O–H groups in total. The lowest BCUT2D eigenvalue weighted by molar-refractivity contribution is -0.134. The molecule has 0 fully saturated rings. The standard InChI is InChI=1S/C18H14ClFN4O2/c19-12-7-4-8-13(20)17(12)23-15-9-14(11-5-2-1-3-6-11)22-18(24-15)21-10-16(25)26/h1-9H,10H2,(H,25,26)(H2,21,22,23,24). The highest BCUT2D eigenvalue weighted by Gasteiger charge is 2.12. The number of anilines is 3. The third-order valence-corrected chi connectivity index (χ3v) is 3.72. The van der Waals surface area contributed by atoms with E-state index in [9.17, 15) is 9.18 Å². The Balaban J connectivity index is 2.00. The minimum atomic E-state index is -1.05. The highest BCUT2D eigenvalue weighted by atomic mass is 35.5. The number of aliphatic carboxylic acids is 1. The Hall–Kier alpha value is -3.19. The lowest BCUT2D eigenvalue weighted by Crippen LogP contribution is -2.15. The van der Waals surface area contributed by atoms with E-state index < -0.39 is 11.8 Å². The Labute approximate surface area is 153 Å². The van der Waals surface area contributed by atoms with Crippen LogP contribution in [0.15, 0.2) is 54.6 Å². The molecule has 0 unspecified atom stereocenters. The Morgan fingerprint density at radius 3 is 2.58 bits per heavy atom. The third-order valence-electron chi connectivity index (χ3n) is 3.41. The fraction of sp³-hybridized carbons (Fsp3) is 0.0556. The summed E-state index contributed by atoms with van der Waals surface area (Å²) in [5.41, 5.74) is 1.43. The number of halogens is 2. The van der Waals surface area contributed by atoms with Crippen molar-refractivity contribution < 1.29 is 14.3 Å². The molecule has 0 saturated heterocycles. The molecular formula is C18H14ClFN4O2. The molecule has 1 aromatic heterocycles. The summed E-state index contributed by atoms with van der Waals surface area (Å²) in [6.45, 7) is -0.349. The summed E-state index contributed by atoms with van der Waals surface area (Å²) in [6, 6.07) is 15.2. The van der Waals surface area contributed by atoms with Crippen LogP contribution < -0.4 is 10.6 Å². The van der Waals surface area contributed by atoms with Crippen molar-refractivity contribution in [2.24, 2.45) is 0 Å². The molecule has 132 valence electrons. The fourth-order valence-corrected chi connectivity index (χ4v) is 2.46. The van der Waals surface area contributed by atoms with Gasteiger partial charge < -0.3 is 15.7 Å². The second-order valence-electron chi connectivity index (χ2n) is 5.30. The summed E-state index contributed by atoms with van der Waals surface area (Å²) >= 11 is 6.04. The molecule has 0 radical (unpaired) electrons. The lowest BCUT2D eigenvalue weighted by Gasteiger charge is -2.12. The number of nitrogens with one attached hydrogen (secondary N) is 2. The van der Waals surface area contributed by atoms with Crippen LogP contribution >= 0.6 is 11.6 Å². The zero-order valence-electron chi connectivity index (χ0n) is 13.4. The first-order valence-corrected chi connectivity index (χ1v) is 8.02. The number of rotatable bonds is 6. The van der Waals surface area contributed by atoms with E-state index in [-0.39, 0.29) is 29.0 Å². The fourth-order valence-electron chi connectivity index (χ4n) is 2.25. The highest BCUT2D eigenvalue weighted by Crippen LogP contribution is 2.29. The van der Waals surface area contributed by atoms with Crippen LogP contribution in [-0.2, 0) is 4.79 Å². The maximum Gasteiger partial charge on any atom is 0.322 e. The van der Waals surface area contributed by atoms with Crippen LogP contribution in [0.1, 0.15) is 0 Å². The van der Waals surface area contributed by atoms with Crippen LogP contribution in [-0.4, -0.2) is 27.6 Å². The number of nitrogens with zero attached hydrogens (tertiary/aromatic N) is 2. The number of aromatic nitrogens is 2. The SMILES string of the molecule is O=C(O)CNc1nc(Nc2c(F)cccc2Cl)cc(-c2ccccc2)n1. The summed E-state index contributed by atoms with van der Waals surface area (Å²) < 4.78 is 14.0. The maximum absolute atomic E-state index is 14.0. The molecule has 0 atom stereocenters. The van der Waals surface area contributed by atoms with Gasteiger partial charge in [0.1, 0.15) is 18.2 Å². The first-order chi connectivity index (χ1) is 12.5. The normalized spacial score (nSPS) is 10.4. The van der Waals surface area contributed by atoms with Crippen molar-refractivity contribution in [2.75, 3.05) is 17.2 Å². The van der Waals surface area contributed by atoms with Gasteiger partial charge in [-0.2, -0.15) is 4.98 Å². The Morgan fingerprint density at radius 2 is 1.88 bits per heavy atom. The molecule has 0 spiro atoms. The second-order valence-corrected chi connectivity index (χ2v) is 5.70. The number of benzene rings is 2. The summed E-state index contributed by atoms with van der Waals surface area (Å²) in [7, 11) is 0. The summed E-state index contributed by atoms with van der Waals surface area (Å²) in [5, 5.41) is 14.5. The molecule has 3 aromatic rings. The minimum Gasteiger partial charge on any atom is -0.480 e. The topological polar surface area (TPSA) is 87.1 Å². The van der Waals surface area contributed by atoms with Gasteiger partial charge in [-0.1, -0.05) is 48.0 Å². The predicted molar refractivity (Wildman–Crippen MR) is 98.3 cm³/mol. The van der Waals surface area contributed by atoms with Gasteiger partial charge in [0, 0.05) is 11.6 Å². The lowest BCUT2D eigenvalue weighted by atomic mass is 10.1. The molecule has 0 aliphatic rings. The van der Waals surface area contributed by atoms with Crippen molar-refractivity contribution in [3.05, 3.63) is 65.4 Å². The molecule has 0 aliphatic carbocycles. The van der Waals surface area contributed by atoms with Crippen molar-refractivity contribution in [1.29, 1.82) is 0 Å². The summed E-state index contributed by atoms with van der Waals surface area (Å²) in [6.07, 6.45) is 0. The number of hydrogen-bond acceptors (Lipinski definition) is 5. The van der Waals surface area contributed by atoms with Gasteiger partial charge in [0.25, 0.3) is 0 Å². The molecule has 3 rings (SSSR count). The number of carboxylic acid groups (broad SMARTS) is 1. The van der Waals surface area contributed by atoms with E-state index in [0.717, 1.165) is 5.56 Å². The highest BCUT2D eigenvalue weighted by molar-refractivity contribution is 6.33. The smallest absolute Gasteiger partial charge is 0.322 e. The van der Waals surface area contributed by atoms with Crippen LogP contribution in [0.5, 0.6) is 0 Å². The molecule has 6 nitrogen and oxygen atoms in total. The van der Waals surface area contributed by atoms with Gasteiger partial charge in [-0.25, -0.2) is 9.37 Å². The number of carbonyl (C=O) groups is 1. The predicted octanol–water partition coefficient (Wildman–Crippen LogP) is 4.18. The second kappa shape index (κ2) is 7.79. The van der Waals surface area contributed by atoms with Gasteiger partial charge in [-0.15, -0.1) is 0 Å². The van der Waals surface area contributed by atoms with Crippen LogP contribution in [0, 0.1) is 5.82 Å². The van der Waals surface area contributed by atoms with Gasteiger partial charge in [-0.3, -0.25) is 4.79 Å². The Morgan fingerprint density at radius 1 is 1.12 bits per heavy atom. The summed E-state index contributed by atoms with van der Waals surface area (Å²) in [4.78, 5) is 19.3. The minimum absolute atomic E-state index is 0.0797. The average Bonchev–Trinajstić information content (AvgIpc) is 2.64. The summed E-state index contributed by atoms with van der Waals surface area (Å²) in [5.74, 6) is -1.20. The van der Waals surface area contributed by atoms with Crippen molar-refractivity contribution in [2.45, 2.75) is 0 Å². The van der Waals surface area contributed by atoms with E-state index >= 15 is 0 Å². The van der Waals surface area contributed by atoms with Gasteiger partial charge in [-0.05, 0) is 12.1 Å². The van der Waals surface area contributed by atoms with Crippen LogP contribution in [0.4, 0.5) is 21.8 Å². The van der Waals surface area contributed by atoms with Crippen LogP contribution in [0.25, 0.3) is 11.3 Å². The van der Waals surface area contributed by atoms with E-state index in [2.05, 4.69) is 20.6 Å². The van der Waals surface area contributed by atoms with Crippen molar-refractivity contribution in [3.8, 4) is 11.3 Å². The van der Waals surface area contributed by atoms with Gasteiger partial charge >= 0.3 is 5.97 Å². The molecule has 0 aliphatic heterocycles. The van der Waals surface area contributed by atoms with Gasteiger partial charge in [0.05, 0.1) is 16.4 Å². The van der Waals surface area contributed by atoms with E-state index in [1.165, 1.54) is 12.1 Å². The maximum atomic E-state index is 14.0. The molecule has 1 heterocycles. The molecule has 26 heavy (non-hydrogen) atoms. The Kier molecular flexibility index (Phi) is 5.28. The molecule has 0 saturated carbocycles. The van der Waals surface area contributed by atoms with E-state index in [1.54, 1.807) is 12.1 Å². The van der Waals surface area contributed by atoms with Crippen LogP contribution in [0.3, 0.4) is 0 Å². The first-order valence-electron chi connectivity index (χ1n) is 7.64. The zero-order chi connectivity index (χ0) is 18.5. The van der Waals surface area contributed by atoms with Crippen molar-refractivity contribution >= 4 is 35.0 Å². The number of carboxylic acids is 1.